The van der Waals surface area contributed by atoms with E-state index in [4.69, 9.17) is 21.1 Å². The first-order valence-corrected chi connectivity index (χ1v) is 8.03. The minimum atomic E-state index is -0.414. The van der Waals surface area contributed by atoms with Crippen LogP contribution in [0.3, 0.4) is 0 Å². The summed E-state index contributed by atoms with van der Waals surface area (Å²) in [5.41, 5.74) is 1.25. The van der Waals surface area contributed by atoms with Crippen LogP contribution in [0, 0.1) is 0 Å². The van der Waals surface area contributed by atoms with Crippen LogP contribution in [0.5, 0.6) is 5.75 Å². The molecular weight excluding hydrogens is 334 g/mol. The number of carbonyl (C=O) groups is 1. The van der Waals surface area contributed by atoms with Crippen molar-refractivity contribution >= 4 is 40.2 Å². The van der Waals surface area contributed by atoms with Crippen LogP contribution in [0.4, 0.5) is 0 Å². The van der Waals surface area contributed by atoms with E-state index < -0.39 is 5.97 Å². The number of aromatic nitrogens is 1. The number of rotatable bonds is 4. The van der Waals surface area contributed by atoms with Gasteiger partial charge in [0, 0.05) is 20.8 Å². The number of methoxy groups -OCH3 is 2. The first-order chi connectivity index (χ1) is 11.1. The first-order valence-electron chi connectivity index (χ1n) is 6.84. The lowest BCUT2D eigenvalue weighted by Gasteiger charge is -2.06. The molecule has 3 aromatic rings. The molecule has 0 bridgehead atoms. The van der Waals surface area contributed by atoms with Gasteiger partial charge in [-0.1, -0.05) is 29.4 Å². The van der Waals surface area contributed by atoms with Crippen LogP contribution in [-0.2, 0) is 4.74 Å². The molecule has 0 aliphatic carbocycles. The smallest absolute Gasteiger partial charge is 0.355 e. The molecular formula is C17H14ClNO3S. The monoisotopic (exact) mass is 347 g/mol. The molecule has 1 N–H and O–H groups in total. The Morgan fingerprint density at radius 1 is 1.17 bits per heavy atom. The van der Waals surface area contributed by atoms with Gasteiger partial charge < -0.3 is 14.5 Å². The van der Waals surface area contributed by atoms with Crippen molar-refractivity contribution in [3.05, 3.63) is 53.2 Å². The minimum absolute atomic E-state index is 0.414. The van der Waals surface area contributed by atoms with E-state index in [1.165, 1.54) is 18.9 Å². The molecule has 6 heteroatoms. The Kier molecular flexibility index (Phi) is 4.50. The van der Waals surface area contributed by atoms with Gasteiger partial charge in [-0.25, -0.2) is 4.79 Å². The van der Waals surface area contributed by atoms with Crippen LogP contribution in [0.2, 0.25) is 5.02 Å². The Morgan fingerprint density at radius 2 is 2.00 bits per heavy atom. The lowest BCUT2D eigenvalue weighted by Crippen LogP contribution is -2.02. The standard InChI is InChI=1S/C17H14ClNO3S/c1-21-11-4-3-5-12(9-11)23-16-13-8-10(18)6-7-14(13)19-15(16)17(20)22-2/h3-9,19H,1-2H3. The van der Waals surface area contributed by atoms with Crippen molar-refractivity contribution in [3.63, 3.8) is 0 Å². The summed E-state index contributed by atoms with van der Waals surface area (Å²) in [4.78, 5) is 16.9. The molecule has 0 atom stereocenters. The SMILES string of the molecule is COC(=O)c1[nH]c2ccc(Cl)cc2c1Sc1cccc(OC)c1. The second-order valence-corrected chi connectivity index (χ2v) is 6.31. The van der Waals surface area contributed by atoms with Crippen molar-refractivity contribution in [3.8, 4) is 5.75 Å². The largest absolute Gasteiger partial charge is 0.497 e. The molecule has 0 radical (unpaired) electrons. The van der Waals surface area contributed by atoms with Crippen LogP contribution >= 0.6 is 23.4 Å². The van der Waals surface area contributed by atoms with Crippen molar-refractivity contribution in [2.75, 3.05) is 14.2 Å². The highest BCUT2D eigenvalue weighted by Crippen LogP contribution is 2.38. The highest BCUT2D eigenvalue weighted by Gasteiger charge is 2.19. The maximum atomic E-state index is 12.1. The summed E-state index contributed by atoms with van der Waals surface area (Å²) in [7, 11) is 2.98. The third kappa shape index (κ3) is 3.16. The molecule has 3 rings (SSSR count). The number of fused-ring (bicyclic) bond motifs is 1. The number of aromatic amines is 1. The molecule has 0 spiro atoms. The number of benzene rings is 2. The minimum Gasteiger partial charge on any atom is -0.497 e. The van der Waals surface area contributed by atoms with Gasteiger partial charge in [-0.2, -0.15) is 0 Å². The van der Waals surface area contributed by atoms with Crippen LogP contribution < -0.4 is 4.74 Å². The van der Waals surface area contributed by atoms with Crippen LogP contribution in [0.15, 0.2) is 52.3 Å². The lowest BCUT2D eigenvalue weighted by molar-refractivity contribution is 0.0591. The second-order valence-electron chi connectivity index (χ2n) is 4.79. The predicted octanol–water partition coefficient (Wildman–Crippen LogP) is 4.77. The van der Waals surface area contributed by atoms with E-state index in [0.717, 1.165) is 26.4 Å². The molecule has 0 saturated carbocycles. The van der Waals surface area contributed by atoms with E-state index in [0.29, 0.717) is 10.7 Å². The van der Waals surface area contributed by atoms with Crippen LogP contribution in [0.25, 0.3) is 10.9 Å². The van der Waals surface area contributed by atoms with Gasteiger partial charge in [-0.15, -0.1) is 0 Å². The van der Waals surface area contributed by atoms with Gasteiger partial charge >= 0.3 is 5.97 Å². The second kappa shape index (κ2) is 6.56. The van der Waals surface area contributed by atoms with E-state index in [2.05, 4.69) is 4.98 Å². The quantitative estimate of drug-likeness (QED) is 0.691. The van der Waals surface area contributed by atoms with Crippen LogP contribution in [0.1, 0.15) is 10.5 Å². The summed E-state index contributed by atoms with van der Waals surface area (Å²) in [5.74, 6) is 0.343. The molecule has 0 saturated heterocycles. The zero-order valence-electron chi connectivity index (χ0n) is 12.6. The Bertz CT molecular complexity index is 875. The maximum absolute atomic E-state index is 12.1. The van der Waals surface area contributed by atoms with Gasteiger partial charge in [0.15, 0.2) is 0 Å². The molecule has 0 unspecified atom stereocenters. The molecule has 2 aromatic carbocycles. The molecule has 0 aliphatic heterocycles. The molecule has 4 nitrogen and oxygen atoms in total. The van der Waals surface area contributed by atoms with Gasteiger partial charge in [0.05, 0.1) is 19.1 Å². The number of esters is 1. The summed E-state index contributed by atoms with van der Waals surface area (Å²) in [6.45, 7) is 0. The fourth-order valence-corrected chi connectivity index (χ4v) is 3.52. The van der Waals surface area contributed by atoms with E-state index in [-0.39, 0.29) is 0 Å². The Balaban J connectivity index is 2.13. The van der Waals surface area contributed by atoms with Crippen molar-refractivity contribution in [1.29, 1.82) is 0 Å². The maximum Gasteiger partial charge on any atom is 0.355 e. The zero-order chi connectivity index (χ0) is 16.4. The summed E-state index contributed by atoms with van der Waals surface area (Å²) in [6, 6.07) is 13.1. The van der Waals surface area contributed by atoms with E-state index >= 15 is 0 Å². The number of hydrogen-bond donors (Lipinski definition) is 1. The number of hydrogen-bond acceptors (Lipinski definition) is 4. The Labute approximate surface area is 142 Å². The van der Waals surface area contributed by atoms with Gasteiger partial charge in [0.2, 0.25) is 0 Å². The van der Waals surface area contributed by atoms with Gasteiger partial charge in [0.25, 0.3) is 0 Å². The number of nitrogens with one attached hydrogen (secondary N) is 1. The summed E-state index contributed by atoms with van der Waals surface area (Å²) >= 11 is 7.57. The molecule has 118 valence electrons. The lowest BCUT2D eigenvalue weighted by atomic mass is 10.2. The van der Waals surface area contributed by atoms with Crippen molar-refractivity contribution in [2.45, 2.75) is 9.79 Å². The Hall–Kier alpha value is -2.11. The first kappa shape index (κ1) is 15.8. The molecule has 0 amide bonds. The highest BCUT2D eigenvalue weighted by molar-refractivity contribution is 7.99. The zero-order valence-corrected chi connectivity index (χ0v) is 14.1. The topological polar surface area (TPSA) is 51.3 Å². The van der Waals surface area contributed by atoms with Gasteiger partial charge in [-0.3, -0.25) is 0 Å². The van der Waals surface area contributed by atoms with E-state index in [1.54, 1.807) is 13.2 Å². The summed E-state index contributed by atoms with van der Waals surface area (Å²) < 4.78 is 10.1. The highest BCUT2D eigenvalue weighted by atomic mass is 35.5. The van der Waals surface area contributed by atoms with Gasteiger partial charge in [-0.05, 0) is 36.4 Å². The van der Waals surface area contributed by atoms with Crippen molar-refractivity contribution < 1.29 is 14.3 Å². The normalized spacial score (nSPS) is 10.7. The third-order valence-electron chi connectivity index (χ3n) is 3.36. The average molecular weight is 348 g/mol. The van der Waals surface area contributed by atoms with Crippen molar-refractivity contribution in [1.82, 2.24) is 4.98 Å². The van der Waals surface area contributed by atoms with Crippen molar-refractivity contribution in [2.24, 2.45) is 0 Å². The summed E-state index contributed by atoms with van der Waals surface area (Å²) in [6.07, 6.45) is 0. The number of halogens is 1. The predicted molar refractivity (Wildman–Crippen MR) is 91.8 cm³/mol. The summed E-state index contributed by atoms with van der Waals surface area (Å²) in [5, 5.41) is 1.49. The molecule has 23 heavy (non-hydrogen) atoms. The molecule has 1 heterocycles. The third-order valence-corrected chi connectivity index (χ3v) is 4.72. The number of H-pyrrole nitrogens is 1. The van der Waals surface area contributed by atoms with E-state index in [1.807, 2.05) is 36.4 Å². The molecule has 0 aliphatic rings. The van der Waals surface area contributed by atoms with Crippen LogP contribution in [-0.4, -0.2) is 25.2 Å². The molecule has 0 fully saturated rings. The Morgan fingerprint density at radius 3 is 2.74 bits per heavy atom. The number of ether oxygens (including phenoxy) is 2. The van der Waals surface area contributed by atoms with E-state index in [9.17, 15) is 4.79 Å². The van der Waals surface area contributed by atoms with Gasteiger partial charge in [0.1, 0.15) is 11.4 Å². The number of carbonyl (C=O) groups excluding carboxylic acids is 1. The fourth-order valence-electron chi connectivity index (χ4n) is 2.27. The fraction of sp³-hybridized carbons (Fsp3) is 0.118. The molecule has 1 aromatic heterocycles. The average Bonchev–Trinajstić information content (AvgIpc) is 2.92.